The van der Waals surface area contributed by atoms with E-state index >= 15 is 0 Å². The van der Waals surface area contributed by atoms with Crippen LogP contribution in [0.2, 0.25) is 5.02 Å². The summed E-state index contributed by atoms with van der Waals surface area (Å²) in [5, 5.41) is 2.94. The number of nitrogens with one attached hydrogen (secondary N) is 1. The SMILES string of the molecule is CCCN(C)CCN(C(=O)Nc1ccc(F)c(Cl)c1)C1CC=C(c2ccc(CN3CCCC3)s2)CC1. The van der Waals surface area contributed by atoms with Crippen molar-refractivity contribution in [2.75, 3.05) is 45.1 Å². The second kappa shape index (κ2) is 13.0. The number of amides is 2. The van der Waals surface area contributed by atoms with Crippen LogP contribution in [0.3, 0.4) is 0 Å². The molecule has 2 aliphatic rings. The molecule has 0 radical (unpaired) electrons. The zero-order chi connectivity index (χ0) is 25.5. The summed E-state index contributed by atoms with van der Waals surface area (Å²) in [6.07, 6.45) is 8.77. The average Bonchev–Trinajstić information content (AvgIpc) is 3.55. The molecule has 0 saturated carbocycles. The van der Waals surface area contributed by atoms with Gasteiger partial charge in [0.25, 0.3) is 0 Å². The predicted octanol–water partition coefficient (Wildman–Crippen LogP) is 6.95. The van der Waals surface area contributed by atoms with Crippen molar-refractivity contribution in [1.82, 2.24) is 14.7 Å². The number of carbonyl (C=O) groups is 1. The molecule has 1 saturated heterocycles. The number of likely N-dealkylation sites (tertiary alicyclic amines) is 1. The molecule has 0 spiro atoms. The van der Waals surface area contributed by atoms with Crippen molar-refractivity contribution in [2.45, 2.75) is 58.0 Å². The molecule has 1 aromatic heterocycles. The number of benzene rings is 1. The van der Waals surface area contributed by atoms with Gasteiger partial charge in [-0.25, -0.2) is 9.18 Å². The fourth-order valence-electron chi connectivity index (χ4n) is 5.11. The van der Waals surface area contributed by atoms with Crippen molar-refractivity contribution in [2.24, 2.45) is 0 Å². The van der Waals surface area contributed by atoms with E-state index in [2.05, 4.69) is 47.3 Å². The molecule has 1 aliphatic heterocycles. The van der Waals surface area contributed by atoms with E-state index in [1.807, 2.05) is 16.2 Å². The molecule has 1 aliphatic carbocycles. The van der Waals surface area contributed by atoms with E-state index in [0.29, 0.717) is 12.2 Å². The van der Waals surface area contributed by atoms with E-state index in [-0.39, 0.29) is 17.1 Å². The van der Waals surface area contributed by atoms with Gasteiger partial charge in [-0.1, -0.05) is 24.6 Å². The molecule has 2 aromatic rings. The zero-order valence-electron chi connectivity index (χ0n) is 21.4. The predicted molar refractivity (Wildman–Crippen MR) is 149 cm³/mol. The lowest BCUT2D eigenvalue weighted by Gasteiger charge is -2.35. The van der Waals surface area contributed by atoms with Gasteiger partial charge < -0.3 is 15.1 Å². The Labute approximate surface area is 223 Å². The Morgan fingerprint density at radius 3 is 2.69 bits per heavy atom. The molecule has 1 N–H and O–H groups in total. The van der Waals surface area contributed by atoms with E-state index in [1.54, 1.807) is 6.07 Å². The summed E-state index contributed by atoms with van der Waals surface area (Å²) in [5.41, 5.74) is 1.91. The number of rotatable bonds is 10. The van der Waals surface area contributed by atoms with Crippen molar-refractivity contribution in [1.29, 1.82) is 0 Å². The van der Waals surface area contributed by atoms with Crippen LogP contribution in [0.5, 0.6) is 0 Å². The molecule has 1 aromatic carbocycles. The molecule has 5 nitrogen and oxygen atoms in total. The van der Waals surface area contributed by atoms with Crippen molar-refractivity contribution in [3.8, 4) is 0 Å². The lowest BCUT2D eigenvalue weighted by molar-refractivity contribution is 0.170. The molecule has 2 amide bonds. The Kier molecular flexibility index (Phi) is 9.82. The van der Waals surface area contributed by atoms with Crippen LogP contribution in [0.1, 0.15) is 55.2 Å². The van der Waals surface area contributed by atoms with E-state index in [1.165, 1.54) is 53.4 Å². The fraction of sp³-hybridized carbons (Fsp3) is 0.536. The highest BCUT2D eigenvalue weighted by molar-refractivity contribution is 7.13. The number of nitrogens with zero attached hydrogens (tertiary/aromatic N) is 3. The molecule has 1 atom stereocenters. The minimum Gasteiger partial charge on any atom is -0.320 e. The van der Waals surface area contributed by atoms with E-state index < -0.39 is 5.82 Å². The first-order valence-electron chi connectivity index (χ1n) is 13.1. The molecular formula is C28H38ClFN4OS. The van der Waals surface area contributed by atoms with Crippen LogP contribution in [0, 0.1) is 5.82 Å². The molecule has 8 heteroatoms. The first-order chi connectivity index (χ1) is 17.4. The summed E-state index contributed by atoms with van der Waals surface area (Å²) in [6.45, 7) is 8.10. The topological polar surface area (TPSA) is 38.8 Å². The molecule has 0 bridgehead atoms. The van der Waals surface area contributed by atoms with Gasteiger partial charge >= 0.3 is 6.03 Å². The normalized spacial score (nSPS) is 18.5. The van der Waals surface area contributed by atoms with Gasteiger partial charge in [-0.15, -0.1) is 11.3 Å². The molecular weight excluding hydrogens is 495 g/mol. The maximum atomic E-state index is 13.6. The van der Waals surface area contributed by atoms with Gasteiger partial charge in [0.05, 0.1) is 5.02 Å². The minimum absolute atomic E-state index is 0.00678. The summed E-state index contributed by atoms with van der Waals surface area (Å²) in [4.78, 5) is 22.9. The van der Waals surface area contributed by atoms with Crippen LogP contribution >= 0.6 is 22.9 Å². The highest BCUT2D eigenvalue weighted by Gasteiger charge is 2.27. The lowest BCUT2D eigenvalue weighted by atomic mass is 9.93. The van der Waals surface area contributed by atoms with E-state index in [0.717, 1.165) is 45.3 Å². The quantitative estimate of drug-likeness (QED) is 0.360. The van der Waals surface area contributed by atoms with Gasteiger partial charge in [-0.3, -0.25) is 4.90 Å². The van der Waals surface area contributed by atoms with E-state index in [9.17, 15) is 9.18 Å². The summed E-state index contributed by atoms with van der Waals surface area (Å²) in [6, 6.07) is 8.82. The summed E-state index contributed by atoms with van der Waals surface area (Å²) in [5.74, 6) is -0.491. The maximum absolute atomic E-state index is 13.6. The van der Waals surface area contributed by atoms with Crippen LogP contribution in [0.15, 0.2) is 36.4 Å². The summed E-state index contributed by atoms with van der Waals surface area (Å²) < 4.78 is 13.6. The molecule has 196 valence electrons. The number of halogens is 2. The first kappa shape index (κ1) is 27.1. The monoisotopic (exact) mass is 532 g/mol. The largest absolute Gasteiger partial charge is 0.322 e. The highest BCUT2D eigenvalue weighted by Crippen LogP contribution is 2.34. The van der Waals surface area contributed by atoms with Crippen LogP contribution in [0.4, 0.5) is 14.9 Å². The van der Waals surface area contributed by atoms with Gasteiger partial charge in [-0.2, -0.15) is 0 Å². The number of allylic oxidation sites excluding steroid dienone is 1. The van der Waals surface area contributed by atoms with Crippen molar-refractivity contribution in [3.63, 3.8) is 0 Å². The maximum Gasteiger partial charge on any atom is 0.322 e. The number of carbonyl (C=O) groups excluding carboxylic acids is 1. The van der Waals surface area contributed by atoms with Crippen molar-refractivity contribution in [3.05, 3.63) is 57.0 Å². The van der Waals surface area contributed by atoms with Crippen LogP contribution in [-0.4, -0.2) is 66.5 Å². The second-order valence-electron chi connectivity index (χ2n) is 9.96. The minimum atomic E-state index is -0.491. The molecule has 1 fully saturated rings. The summed E-state index contributed by atoms with van der Waals surface area (Å²) in [7, 11) is 2.09. The van der Waals surface area contributed by atoms with Crippen LogP contribution < -0.4 is 5.32 Å². The third-order valence-electron chi connectivity index (χ3n) is 7.14. The average molecular weight is 533 g/mol. The zero-order valence-corrected chi connectivity index (χ0v) is 23.0. The first-order valence-corrected chi connectivity index (χ1v) is 14.3. The number of thiophene rings is 1. The molecule has 1 unspecified atom stereocenters. The Morgan fingerprint density at radius 1 is 1.19 bits per heavy atom. The second-order valence-corrected chi connectivity index (χ2v) is 11.5. The number of anilines is 1. The Hall–Kier alpha value is -1.93. The van der Waals surface area contributed by atoms with Gasteiger partial charge in [0.1, 0.15) is 5.82 Å². The fourth-order valence-corrected chi connectivity index (χ4v) is 6.41. The van der Waals surface area contributed by atoms with Crippen molar-refractivity contribution < 1.29 is 9.18 Å². The Morgan fingerprint density at radius 2 is 2.00 bits per heavy atom. The van der Waals surface area contributed by atoms with Gasteiger partial charge in [0.2, 0.25) is 0 Å². The van der Waals surface area contributed by atoms with Crippen LogP contribution in [0.25, 0.3) is 5.57 Å². The molecule has 4 rings (SSSR count). The molecule has 2 heterocycles. The Balaban J connectivity index is 1.41. The third-order valence-corrected chi connectivity index (χ3v) is 8.58. The summed E-state index contributed by atoms with van der Waals surface area (Å²) >= 11 is 7.84. The van der Waals surface area contributed by atoms with Gasteiger partial charge in [-0.05, 0) is 101 Å². The number of likely N-dealkylation sites (N-methyl/N-ethyl adjacent to an activating group) is 1. The van der Waals surface area contributed by atoms with Crippen LogP contribution in [-0.2, 0) is 6.54 Å². The standard InChI is InChI=1S/C28H38ClFN4OS/c1-3-14-32(2)17-18-34(28(35)31-22-8-12-26(30)25(29)19-22)23-9-6-21(7-10-23)27-13-11-24(36-27)20-33-15-4-5-16-33/h6,8,11-13,19,23H,3-5,7,9-10,14-18,20H2,1-2H3,(H,31,35). The van der Waals surface area contributed by atoms with Gasteiger partial charge in [0, 0.05) is 41.1 Å². The number of hydrogen-bond acceptors (Lipinski definition) is 4. The van der Waals surface area contributed by atoms with Crippen molar-refractivity contribution >= 4 is 40.2 Å². The smallest absolute Gasteiger partial charge is 0.320 e. The van der Waals surface area contributed by atoms with E-state index in [4.69, 9.17) is 11.6 Å². The lowest BCUT2D eigenvalue weighted by Crippen LogP contribution is -2.46. The third kappa shape index (κ3) is 7.31. The Bertz CT molecular complexity index is 1050. The highest BCUT2D eigenvalue weighted by atomic mass is 35.5. The molecule has 36 heavy (non-hydrogen) atoms. The number of hydrogen-bond donors (Lipinski definition) is 1. The number of urea groups is 1. The van der Waals surface area contributed by atoms with Gasteiger partial charge in [0.15, 0.2) is 0 Å².